The molecule has 2 saturated heterocycles. The van der Waals surface area contributed by atoms with Crippen molar-refractivity contribution in [3.05, 3.63) is 35.9 Å². The average molecular weight is 372 g/mol. The standard InChI is InChI=1S/C22H33N3O2/c1-17(2)14-20-15-23-21(26)22(27)25(20)16-19-9-12-24(13-10-19)11-8-18-6-4-3-5-7-18/h3-7,17,19-20H,8-16H2,1-2H3,(H,23,26)/t20-/m0/s1. The van der Waals surface area contributed by atoms with Crippen LogP contribution >= 0.6 is 0 Å². The Morgan fingerprint density at radius 3 is 2.48 bits per heavy atom. The van der Waals surface area contributed by atoms with Gasteiger partial charge in [-0.3, -0.25) is 9.59 Å². The van der Waals surface area contributed by atoms with Gasteiger partial charge in [0.2, 0.25) is 0 Å². The number of hydrogen-bond donors (Lipinski definition) is 1. The number of amides is 2. The SMILES string of the molecule is CC(C)C[C@H]1CNC(=O)C(=O)N1CC1CCN(CCc2ccccc2)CC1. The summed E-state index contributed by atoms with van der Waals surface area (Å²) in [4.78, 5) is 28.6. The van der Waals surface area contributed by atoms with Crippen molar-refractivity contribution in [3.8, 4) is 0 Å². The Balaban J connectivity index is 1.48. The number of rotatable bonds is 7. The Morgan fingerprint density at radius 1 is 1.11 bits per heavy atom. The molecule has 0 radical (unpaired) electrons. The van der Waals surface area contributed by atoms with Crippen LogP contribution in [0.1, 0.15) is 38.7 Å². The molecular formula is C22H33N3O2. The van der Waals surface area contributed by atoms with Gasteiger partial charge in [0.1, 0.15) is 0 Å². The molecule has 0 unspecified atom stereocenters. The molecule has 2 heterocycles. The van der Waals surface area contributed by atoms with E-state index in [1.165, 1.54) is 5.56 Å². The lowest BCUT2D eigenvalue weighted by Gasteiger charge is -2.40. The summed E-state index contributed by atoms with van der Waals surface area (Å²) in [5, 5.41) is 2.76. The molecule has 0 spiro atoms. The number of piperidine rings is 1. The summed E-state index contributed by atoms with van der Waals surface area (Å²) >= 11 is 0. The third kappa shape index (κ3) is 5.55. The normalized spacial score (nSPS) is 22.3. The van der Waals surface area contributed by atoms with Gasteiger partial charge in [-0.15, -0.1) is 0 Å². The van der Waals surface area contributed by atoms with Crippen LogP contribution in [0.3, 0.4) is 0 Å². The molecule has 1 aromatic rings. The number of carbonyl (C=O) groups excluding carboxylic acids is 2. The summed E-state index contributed by atoms with van der Waals surface area (Å²) in [5.74, 6) is 0.247. The molecule has 0 saturated carbocycles. The summed E-state index contributed by atoms with van der Waals surface area (Å²) in [6, 6.07) is 10.8. The highest BCUT2D eigenvalue weighted by Gasteiger charge is 2.35. The minimum Gasteiger partial charge on any atom is -0.346 e. The van der Waals surface area contributed by atoms with Crippen molar-refractivity contribution >= 4 is 11.8 Å². The second kappa shape index (κ2) is 9.36. The molecule has 0 bridgehead atoms. The molecule has 3 rings (SSSR count). The lowest BCUT2D eigenvalue weighted by atomic mass is 9.93. The largest absolute Gasteiger partial charge is 0.346 e. The van der Waals surface area contributed by atoms with Crippen LogP contribution in [-0.2, 0) is 16.0 Å². The maximum Gasteiger partial charge on any atom is 0.312 e. The summed E-state index contributed by atoms with van der Waals surface area (Å²) < 4.78 is 0. The zero-order chi connectivity index (χ0) is 19.2. The van der Waals surface area contributed by atoms with Crippen LogP contribution in [0, 0.1) is 11.8 Å². The van der Waals surface area contributed by atoms with Gasteiger partial charge in [0, 0.05) is 25.7 Å². The maximum absolute atomic E-state index is 12.4. The molecule has 2 aliphatic heterocycles. The predicted molar refractivity (Wildman–Crippen MR) is 107 cm³/mol. The van der Waals surface area contributed by atoms with Gasteiger partial charge in [0.25, 0.3) is 0 Å². The molecule has 0 aliphatic carbocycles. The highest BCUT2D eigenvalue weighted by Crippen LogP contribution is 2.23. The molecule has 5 heteroatoms. The first-order valence-corrected chi connectivity index (χ1v) is 10.4. The fraction of sp³-hybridized carbons (Fsp3) is 0.636. The number of carbonyl (C=O) groups is 2. The van der Waals surface area contributed by atoms with Crippen molar-refractivity contribution < 1.29 is 9.59 Å². The van der Waals surface area contributed by atoms with Crippen molar-refractivity contribution in [2.45, 2.75) is 45.6 Å². The molecule has 0 aromatic heterocycles. The molecule has 2 fully saturated rings. The van der Waals surface area contributed by atoms with E-state index in [1.807, 2.05) is 4.90 Å². The number of nitrogens with one attached hydrogen (secondary N) is 1. The van der Waals surface area contributed by atoms with Crippen molar-refractivity contribution in [1.29, 1.82) is 0 Å². The van der Waals surface area contributed by atoms with Gasteiger partial charge >= 0.3 is 11.8 Å². The average Bonchev–Trinajstić information content (AvgIpc) is 2.67. The lowest BCUT2D eigenvalue weighted by molar-refractivity contribution is -0.151. The van der Waals surface area contributed by atoms with Crippen molar-refractivity contribution in [1.82, 2.24) is 15.1 Å². The van der Waals surface area contributed by atoms with Crippen molar-refractivity contribution in [3.63, 3.8) is 0 Å². The van der Waals surface area contributed by atoms with E-state index in [9.17, 15) is 9.59 Å². The van der Waals surface area contributed by atoms with E-state index in [2.05, 4.69) is 54.4 Å². The molecule has 148 valence electrons. The Bertz CT molecular complexity index is 624. The van der Waals surface area contributed by atoms with Crippen LogP contribution in [0.5, 0.6) is 0 Å². The molecule has 27 heavy (non-hydrogen) atoms. The third-order valence-corrected chi connectivity index (χ3v) is 5.86. The fourth-order valence-corrected chi connectivity index (χ4v) is 4.28. The van der Waals surface area contributed by atoms with Gasteiger partial charge in [0.05, 0.1) is 0 Å². The van der Waals surface area contributed by atoms with Crippen molar-refractivity contribution in [2.75, 3.05) is 32.7 Å². The van der Waals surface area contributed by atoms with E-state index < -0.39 is 5.91 Å². The first kappa shape index (κ1) is 19.9. The Hall–Kier alpha value is -1.88. The first-order chi connectivity index (χ1) is 13.0. The van der Waals surface area contributed by atoms with Gasteiger partial charge < -0.3 is 15.1 Å². The van der Waals surface area contributed by atoms with Crippen LogP contribution in [0.15, 0.2) is 30.3 Å². The van der Waals surface area contributed by atoms with Crippen LogP contribution in [-0.4, -0.2) is 60.4 Å². The summed E-state index contributed by atoms with van der Waals surface area (Å²) in [7, 11) is 0. The fourth-order valence-electron chi connectivity index (χ4n) is 4.28. The first-order valence-electron chi connectivity index (χ1n) is 10.4. The zero-order valence-electron chi connectivity index (χ0n) is 16.7. The van der Waals surface area contributed by atoms with E-state index in [4.69, 9.17) is 0 Å². The number of hydrogen-bond acceptors (Lipinski definition) is 3. The van der Waals surface area contributed by atoms with Crippen LogP contribution < -0.4 is 5.32 Å². The molecule has 2 aliphatic rings. The Morgan fingerprint density at radius 2 is 1.81 bits per heavy atom. The smallest absolute Gasteiger partial charge is 0.312 e. The molecular weight excluding hydrogens is 338 g/mol. The van der Waals surface area contributed by atoms with E-state index in [0.29, 0.717) is 18.4 Å². The topological polar surface area (TPSA) is 52.7 Å². The number of benzene rings is 1. The van der Waals surface area contributed by atoms with E-state index in [0.717, 1.165) is 51.9 Å². The third-order valence-electron chi connectivity index (χ3n) is 5.86. The number of nitrogens with zero attached hydrogens (tertiary/aromatic N) is 2. The van der Waals surface area contributed by atoms with E-state index >= 15 is 0 Å². The highest BCUT2D eigenvalue weighted by molar-refractivity contribution is 6.35. The van der Waals surface area contributed by atoms with Crippen LogP contribution in [0.2, 0.25) is 0 Å². The Kier molecular flexibility index (Phi) is 6.89. The van der Waals surface area contributed by atoms with Crippen molar-refractivity contribution in [2.24, 2.45) is 11.8 Å². The second-order valence-electron chi connectivity index (χ2n) is 8.47. The quantitative estimate of drug-likeness (QED) is 0.749. The lowest BCUT2D eigenvalue weighted by Crippen LogP contribution is -2.59. The minimum atomic E-state index is -0.435. The van der Waals surface area contributed by atoms with Gasteiger partial charge in [0.15, 0.2) is 0 Å². The minimum absolute atomic E-state index is 0.145. The summed E-state index contributed by atoms with van der Waals surface area (Å²) in [6.07, 6.45) is 4.25. The van der Waals surface area contributed by atoms with Gasteiger partial charge in [-0.05, 0) is 56.2 Å². The van der Waals surface area contributed by atoms with Crippen LogP contribution in [0.4, 0.5) is 0 Å². The van der Waals surface area contributed by atoms with Gasteiger partial charge in [-0.2, -0.15) is 0 Å². The van der Waals surface area contributed by atoms with E-state index in [1.54, 1.807) is 0 Å². The highest BCUT2D eigenvalue weighted by atomic mass is 16.2. The molecule has 1 atom stereocenters. The van der Waals surface area contributed by atoms with Gasteiger partial charge in [-0.25, -0.2) is 0 Å². The number of likely N-dealkylation sites (tertiary alicyclic amines) is 1. The molecule has 1 N–H and O–H groups in total. The second-order valence-corrected chi connectivity index (χ2v) is 8.47. The monoisotopic (exact) mass is 371 g/mol. The molecule has 2 amide bonds. The molecule has 5 nitrogen and oxygen atoms in total. The van der Waals surface area contributed by atoms with Crippen LogP contribution in [0.25, 0.3) is 0 Å². The zero-order valence-corrected chi connectivity index (χ0v) is 16.7. The summed E-state index contributed by atoms with van der Waals surface area (Å²) in [6.45, 7) is 8.93. The maximum atomic E-state index is 12.4. The number of piperazine rings is 1. The Labute approximate surface area is 163 Å². The van der Waals surface area contributed by atoms with E-state index in [-0.39, 0.29) is 11.9 Å². The molecule has 1 aromatic carbocycles. The van der Waals surface area contributed by atoms with Gasteiger partial charge in [-0.1, -0.05) is 44.2 Å². The predicted octanol–water partition coefficient (Wildman–Crippen LogP) is 2.31. The summed E-state index contributed by atoms with van der Waals surface area (Å²) in [5.41, 5.74) is 1.39.